The van der Waals surface area contributed by atoms with Crippen molar-refractivity contribution in [1.29, 1.82) is 0 Å². The van der Waals surface area contributed by atoms with Crippen molar-refractivity contribution >= 4 is 11.6 Å². The second kappa shape index (κ2) is 5.49. The summed E-state index contributed by atoms with van der Waals surface area (Å²) in [6.45, 7) is 2.09. The second-order valence-electron chi connectivity index (χ2n) is 5.58. The zero-order valence-corrected chi connectivity index (χ0v) is 12.7. The van der Waals surface area contributed by atoms with Crippen LogP contribution in [0.3, 0.4) is 0 Å². The van der Waals surface area contributed by atoms with Gasteiger partial charge in [-0.25, -0.2) is 0 Å². The molecular weight excluding hydrogens is 268 g/mol. The fraction of sp³-hybridized carbons (Fsp3) is 0.333. The molecule has 0 spiro atoms. The maximum atomic E-state index is 6.78. The highest BCUT2D eigenvalue weighted by Crippen LogP contribution is 2.42. The lowest BCUT2D eigenvalue weighted by Crippen LogP contribution is -2.09. The first-order valence-corrected chi connectivity index (χ1v) is 7.48. The topological polar surface area (TPSA) is 9.23 Å². The molecule has 1 aliphatic carbocycles. The van der Waals surface area contributed by atoms with Crippen LogP contribution >= 0.6 is 11.6 Å². The van der Waals surface area contributed by atoms with Crippen LogP contribution in [0.4, 0.5) is 0 Å². The van der Waals surface area contributed by atoms with Crippen molar-refractivity contribution in [3.63, 3.8) is 0 Å². The summed E-state index contributed by atoms with van der Waals surface area (Å²) >= 11 is 6.78. The van der Waals surface area contributed by atoms with Crippen molar-refractivity contribution in [3.8, 4) is 5.75 Å². The predicted octanol–water partition coefficient (Wildman–Crippen LogP) is 4.70. The molecule has 1 unspecified atom stereocenters. The van der Waals surface area contributed by atoms with Crippen LogP contribution in [-0.4, -0.2) is 7.11 Å². The Bertz CT molecular complexity index is 596. The Hall–Kier alpha value is -1.47. The first-order chi connectivity index (χ1) is 9.69. The standard InChI is InChI=1S/C18H19ClO/c1-12-7-8-17(20-2)16(9-12)18(19)15-10-13-5-3-4-6-14(13)11-15/h3-9,15,18H,10-11H2,1-2H3. The Morgan fingerprint density at radius 1 is 1.10 bits per heavy atom. The molecule has 0 N–H and O–H groups in total. The first kappa shape index (κ1) is 13.5. The molecule has 0 aromatic heterocycles. The number of rotatable bonds is 3. The van der Waals surface area contributed by atoms with Crippen molar-refractivity contribution < 1.29 is 4.74 Å². The van der Waals surface area contributed by atoms with Gasteiger partial charge in [0.1, 0.15) is 5.75 Å². The molecule has 20 heavy (non-hydrogen) atoms. The summed E-state index contributed by atoms with van der Waals surface area (Å²) in [6.07, 6.45) is 2.11. The van der Waals surface area contributed by atoms with Crippen LogP contribution in [0, 0.1) is 12.8 Å². The average molecular weight is 287 g/mol. The van der Waals surface area contributed by atoms with E-state index in [0.29, 0.717) is 5.92 Å². The molecule has 0 saturated carbocycles. The summed E-state index contributed by atoms with van der Waals surface area (Å²) < 4.78 is 5.47. The van der Waals surface area contributed by atoms with Gasteiger partial charge in [-0.2, -0.15) is 0 Å². The lowest BCUT2D eigenvalue weighted by Gasteiger charge is -2.20. The minimum Gasteiger partial charge on any atom is -0.496 e. The molecule has 2 heteroatoms. The minimum absolute atomic E-state index is 0.00255. The number of fused-ring (bicyclic) bond motifs is 1. The van der Waals surface area contributed by atoms with Gasteiger partial charge in [-0.05, 0) is 42.9 Å². The van der Waals surface area contributed by atoms with E-state index in [4.69, 9.17) is 16.3 Å². The monoisotopic (exact) mass is 286 g/mol. The molecule has 3 rings (SSSR count). The van der Waals surface area contributed by atoms with Gasteiger partial charge < -0.3 is 4.74 Å². The largest absolute Gasteiger partial charge is 0.496 e. The molecule has 2 aromatic rings. The van der Waals surface area contributed by atoms with E-state index in [1.165, 1.54) is 16.7 Å². The summed E-state index contributed by atoms with van der Waals surface area (Å²) in [7, 11) is 1.71. The summed E-state index contributed by atoms with van der Waals surface area (Å²) in [4.78, 5) is 0. The molecular formula is C18H19ClO. The smallest absolute Gasteiger partial charge is 0.123 e. The van der Waals surface area contributed by atoms with Gasteiger partial charge in [0.15, 0.2) is 0 Å². The van der Waals surface area contributed by atoms with Gasteiger partial charge in [-0.3, -0.25) is 0 Å². The number of methoxy groups -OCH3 is 1. The molecule has 1 atom stereocenters. The van der Waals surface area contributed by atoms with Gasteiger partial charge in [0, 0.05) is 5.56 Å². The van der Waals surface area contributed by atoms with E-state index >= 15 is 0 Å². The number of halogens is 1. The van der Waals surface area contributed by atoms with E-state index in [0.717, 1.165) is 24.2 Å². The van der Waals surface area contributed by atoms with E-state index < -0.39 is 0 Å². The number of hydrogen-bond donors (Lipinski definition) is 0. The molecule has 2 aromatic carbocycles. The van der Waals surface area contributed by atoms with Gasteiger partial charge in [0.2, 0.25) is 0 Å². The van der Waals surface area contributed by atoms with E-state index in [-0.39, 0.29) is 5.38 Å². The van der Waals surface area contributed by atoms with Gasteiger partial charge in [-0.15, -0.1) is 11.6 Å². The van der Waals surface area contributed by atoms with Crippen LogP contribution < -0.4 is 4.74 Å². The van der Waals surface area contributed by atoms with E-state index in [9.17, 15) is 0 Å². The Labute approximate surface area is 125 Å². The van der Waals surface area contributed by atoms with Crippen molar-refractivity contribution in [2.24, 2.45) is 5.92 Å². The van der Waals surface area contributed by atoms with E-state index in [1.807, 2.05) is 6.07 Å². The quantitative estimate of drug-likeness (QED) is 0.743. The Kier molecular flexibility index (Phi) is 3.71. The van der Waals surface area contributed by atoms with E-state index in [2.05, 4.69) is 43.3 Å². The molecule has 0 radical (unpaired) electrons. The molecule has 1 aliphatic rings. The zero-order valence-electron chi connectivity index (χ0n) is 11.9. The van der Waals surface area contributed by atoms with Crippen LogP contribution in [0.25, 0.3) is 0 Å². The van der Waals surface area contributed by atoms with E-state index in [1.54, 1.807) is 7.11 Å². The van der Waals surface area contributed by atoms with Crippen molar-refractivity contribution in [1.82, 2.24) is 0 Å². The van der Waals surface area contributed by atoms with Gasteiger partial charge in [0.05, 0.1) is 12.5 Å². The lowest BCUT2D eigenvalue weighted by molar-refractivity contribution is 0.403. The van der Waals surface area contributed by atoms with Crippen molar-refractivity contribution in [2.45, 2.75) is 25.1 Å². The highest BCUT2D eigenvalue weighted by Gasteiger charge is 2.29. The first-order valence-electron chi connectivity index (χ1n) is 7.04. The van der Waals surface area contributed by atoms with Crippen LogP contribution in [0.15, 0.2) is 42.5 Å². The predicted molar refractivity (Wildman–Crippen MR) is 83.7 cm³/mol. The minimum atomic E-state index is -0.00255. The number of ether oxygens (including phenoxy) is 1. The number of aryl methyl sites for hydroxylation is 1. The zero-order chi connectivity index (χ0) is 14.1. The fourth-order valence-electron chi connectivity index (χ4n) is 3.12. The molecule has 0 fully saturated rings. The molecule has 1 nitrogen and oxygen atoms in total. The van der Waals surface area contributed by atoms with Gasteiger partial charge in [-0.1, -0.05) is 42.0 Å². The molecule has 104 valence electrons. The van der Waals surface area contributed by atoms with Crippen LogP contribution in [-0.2, 0) is 12.8 Å². The summed E-state index contributed by atoms with van der Waals surface area (Å²) in [5.41, 5.74) is 5.22. The normalized spacial score (nSPS) is 15.9. The third-order valence-corrected chi connectivity index (χ3v) is 4.77. The fourth-order valence-corrected chi connectivity index (χ4v) is 3.47. The lowest BCUT2D eigenvalue weighted by atomic mass is 9.94. The Morgan fingerprint density at radius 3 is 2.35 bits per heavy atom. The van der Waals surface area contributed by atoms with Crippen molar-refractivity contribution in [3.05, 3.63) is 64.7 Å². The van der Waals surface area contributed by atoms with Crippen LogP contribution in [0.2, 0.25) is 0 Å². The van der Waals surface area contributed by atoms with Gasteiger partial charge in [0.25, 0.3) is 0 Å². The molecule has 0 heterocycles. The van der Waals surface area contributed by atoms with Gasteiger partial charge >= 0.3 is 0 Å². The number of alkyl halides is 1. The van der Waals surface area contributed by atoms with Crippen LogP contribution in [0.5, 0.6) is 5.75 Å². The third kappa shape index (κ3) is 2.43. The molecule has 0 saturated heterocycles. The summed E-state index contributed by atoms with van der Waals surface area (Å²) in [6, 6.07) is 14.9. The number of benzene rings is 2. The summed E-state index contributed by atoms with van der Waals surface area (Å²) in [5, 5.41) is -0.00255. The third-order valence-electron chi connectivity index (χ3n) is 4.18. The second-order valence-corrected chi connectivity index (χ2v) is 6.05. The Morgan fingerprint density at radius 2 is 1.75 bits per heavy atom. The average Bonchev–Trinajstić information content (AvgIpc) is 2.90. The highest BCUT2D eigenvalue weighted by molar-refractivity contribution is 6.21. The van der Waals surface area contributed by atoms with Crippen LogP contribution in [0.1, 0.15) is 27.6 Å². The SMILES string of the molecule is COc1ccc(C)cc1C(Cl)C1Cc2ccccc2C1. The number of hydrogen-bond acceptors (Lipinski definition) is 1. The highest BCUT2D eigenvalue weighted by atomic mass is 35.5. The Balaban J connectivity index is 1.88. The van der Waals surface area contributed by atoms with Crippen molar-refractivity contribution in [2.75, 3.05) is 7.11 Å². The molecule has 0 bridgehead atoms. The molecule has 0 amide bonds. The maximum absolute atomic E-state index is 6.78. The summed E-state index contributed by atoms with van der Waals surface area (Å²) in [5.74, 6) is 1.34. The maximum Gasteiger partial charge on any atom is 0.123 e. The molecule has 0 aliphatic heterocycles.